The van der Waals surface area contributed by atoms with Gasteiger partial charge in [-0.05, 0) is 35.4 Å². The predicted octanol–water partition coefficient (Wildman–Crippen LogP) is 2.80. The van der Waals surface area contributed by atoms with Crippen LogP contribution < -0.4 is 5.32 Å². The maximum Gasteiger partial charge on any atom is 0.226 e. The highest BCUT2D eigenvalue weighted by molar-refractivity contribution is 5.90. The maximum atomic E-state index is 13.2. The zero-order valence-electron chi connectivity index (χ0n) is 13.7. The number of nitrogens with one attached hydrogen (secondary N) is 1. The lowest BCUT2D eigenvalue weighted by atomic mass is 9.93. The molecule has 0 bridgehead atoms. The molecule has 130 valence electrons. The summed E-state index contributed by atoms with van der Waals surface area (Å²) in [6.07, 6.45) is 0.105. The van der Waals surface area contributed by atoms with Crippen LogP contribution in [-0.2, 0) is 16.1 Å². The van der Waals surface area contributed by atoms with Crippen molar-refractivity contribution in [3.63, 3.8) is 0 Å². The fraction of sp³-hybridized carbons (Fsp3) is 0.263. The van der Waals surface area contributed by atoms with Crippen molar-refractivity contribution in [1.82, 2.24) is 10.2 Å². The second kappa shape index (κ2) is 7.01. The van der Waals surface area contributed by atoms with E-state index >= 15 is 0 Å². The molecule has 1 aliphatic rings. The Morgan fingerprint density at radius 1 is 1.08 bits per heavy atom. The predicted molar refractivity (Wildman–Crippen MR) is 88.3 cm³/mol. The van der Waals surface area contributed by atoms with Gasteiger partial charge in [-0.1, -0.05) is 24.3 Å². The first-order valence-corrected chi connectivity index (χ1v) is 7.99. The number of benzene rings is 2. The molecule has 1 aliphatic heterocycles. The van der Waals surface area contributed by atoms with E-state index in [9.17, 15) is 18.4 Å². The lowest BCUT2D eigenvalue weighted by Crippen LogP contribution is -2.34. The van der Waals surface area contributed by atoms with Crippen LogP contribution in [-0.4, -0.2) is 23.8 Å². The number of halogens is 2. The molecular weight excluding hydrogens is 326 g/mol. The van der Waals surface area contributed by atoms with Crippen molar-refractivity contribution in [2.75, 3.05) is 7.05 Å². The molecule has 4 nitrogen and oxygen atoms in total. The first kappa shape index (κ1) is 17.1. The Morgan fingerprint density at radius 2 is 1.64 bits per heavy atom. The van der Waals surface area contributed by atoms with Gasteiger partial charge in [-0.3, -0.25) is 9.59 Å². The quantitative estimate of drug-likeness (QED) is 0.927. The number of hydrogen-bond acceptors (Lipinski definition) is 2. The number of nitrogens with zero attached hydrogens (tertiary/aromatic N) is 1. The monoisotopic (exact) mass is 344 g/mol. The Morgan fingerprint density at radius 3 is 2.24 bits per heavy atom. The molecule has 1 heterocycles. The molecule has 0 unspecified atom stereocenters. The van der Waals surface area contributed by atoms with E-state index in [0.29, 0.717) is 0 Å². The first-order valence-electron chi connectivity index (χ1n) is 7.99. The van der Waals surface area contributed by atoms with Crippen LogP contribution in [0.4, 0.5) is 8.78 Å². The number of rotatable bonds is 4. The number of likely N-dealkylation sites (tertiary alicyclic amines) is 1. The molecule has 0 aliphatic carbocycles. The summed E-state index contributed by atoms with van der Waals surface area (Å²) in [4.78, 5) is 26.2. The summed E-state index contributed by atoms with van der Waals surface area (Å²) >= 11 is 0. The highest BCUT2D eigenvalue weighted by Gasteiger charge is 2.42. The molecule has 2 aromatic carbocycles. The van der Waals surface area contributed by atoms with Gasteiger partial charge in [-0.25, -0.2) is 8.78 Å². The molecule has 6 heteroatoms. The van der Waals surface area contributed by atoms with Gasteiger partial charge in [0, 0.05) is 20.0 Å². The molecule has 1 saturated heterocycles. The van der Waals surface area contributed by atoms with Gasteiger partial charge < -0.3 is 10.2 Å². The van der Waals surface area contributed by atoms with Gasteiger partial charge in [0.05, 0.1) is 12.0 Å². The van der Waals surface area contributed by atoms with Gasteiger partial charge in [-0.2, -0.15) is 0 Å². The van der Waals surface area contributed by atoms with E-state index < -0.39 is 12.0 Å². The summed E-state index contributed by atoms with van der Waals surface area (Å²) in [5.74, 6) is -1.64. The molecule has 0 radical (unpaired) electrons. The van der Waals surface area contributed by atoms with Gasteiger partial charge in [-0.15, -0.1) is 0 Å². The summed E-state index contributed by atoms with van der Waals surface area (Å²) < 4.78 is 26.1. The Labute approximate surface area is 144 Å². The van der Waals surface area contributed by atoms with Crippen molar-refractivity contribution in [1.29, 1.82) is 0 Å². The summed E-state index contributed by atoms with van der Waals surface area (Å²) in [5, 5.41) is 2.80. The van der Waals surface area contributed by atoms with Crippen LogP contribution in [0.5, 0.6) is 0 Å². The minimum absolute atomic E-state index is 0.105. The summed E-state index contributed by atoms with van der Waals surface area (Å²) in [6.45, 7) is 0.254. The van der Waals surface area contributed by atoms with E-state index in [0.717, 1.165) is 11.1 Å². The Balaban J connectivity index is 1.74. The lowest BCUT2D eigenvalue weighted by molar-refractivity contribution is -0.128. The molecular formula is C19H18F2N2O2. The number of carbonyl (C=O) groups excluding carboxylic acids is 2. The summed E-state index contributed by atoms with van der Waals surface area (Å²) in [5.41, 5.74) is 1.49. The maximum absolute atomic E-state index is 13.2. The van der Waals surface area contributed by atoms with Crippen LogP contribution in [0.1, 0.15) is 23.6 Å². The number of carbonyl (C=O) groups is 2. The van der Waals surface area contributed by atoms with Crippen molar-refractivity contribution in [3.8, 4) is 0 Å². The van der Waals surface area contributed by atoms with Crippen LogP contribution in [0.2, 0.25) is 0 Å². The largest absolute Gasteiger partial charge is 0.352 e. The minimum Gasteiger partial charge on any atom is -0.352 e. The Kier molecular flexibility index (Phi) is 4.79. The average Bonchev–Trinajstić information content (AvgIpc) is 2.90. The van der Waals surface area contributed by atoms with E-state index in [2.05, 4.69) is 5.32 Å². The second-order valence-electron chi connectivity index (χ2n) is 6.16. The first-order chi connectivity index (χ1) is 12.0. The Hall–Kier alpha value is -2.76. The summed E-state index contributed by atoms with van der Waals surface area (Å²) in [6, 6.07) is 11.2. The zero-order valence-corrected chi connectivity index (χ0v) is 13.7. The zero-order chi connectivity index (χ0) is 18.0. The van der Waals surface area contributed by atoms with E-state index in [-0.39, 0.29) is 36.4 Å². The highest BCUT2D eigenvalue weighted by Crippen LogP contribution is 2.37. The van der Waals surface area contributed by atoms with Crippen LogP contribution in [0, 0.1) is 17.6 Å². The van der Waals surface area contributed by atoms with Gasteiger partial charge in [0.2, 0.25) is 11.8 Å². The van der Waals surface area contributed by atoms with Crippen molar-refractivity contribution in [2.45, 2.75) is 19.0 Å². The molecule has 2 aromatic rings. The molecule has 25 heavy (non-hydrogen) atoms. The van der Waals surface area contributed by atoms with E-state index in [1.165, 1.54) is 29.2 Å². The second-order valence-corrected chi connectivity index (χ2v) is 6.16. The van der Waals surface area contributed by atoms with Crippen molar-refractivity contribution >= 4 is 11.8 Å². The minimum atomic E-state index is -0.552. The molecule has 1 fully saturated rings. The summed E-state index contributed by atoms with van der Waals surface area (Å²) in [7, 11) is 1.64. The van der Waals surface area contributed by atoms with Crippen molar-refractivity contribution < 1.29 is 18.4 Å². The van der Waals surface area contributed by atoms with Crippen LogP contribution in [0.25, 0.3) is 0 Å². The van der Waals surface area contributed by atoms with E-state index in [1.807, 2.05) is 0 Å². The third kappa shape index (κ3) is 3.68. The van der Waals surface area contributed by atoms with Gasteiger partial charge in [0.25, 0.3) is 0 Å². The number of amides is 2. The normalized spacial score (nSPS) is 20.0. The topological polar surface area (TPSA) is 49.4 Å². The SMILES string of the molecule is CN1C(=O)C[C@@H](C(=O)NCc2ccc(F)cc2)[C@H]1c1ccc(F)cc1. The van der Waals surface area contributed by atoms with Crippen LogP contribution in [0.3, 0.4) is 0 Å². The molecule has 0 saturated carbocycles. The van der Waals surface area contributed by atoms with Gasteiger partial charge in [0.15, 0.2) is 0 Å². The number of hydrogen-bond donors (Lipinski definition) is 1. The molecule has 0 aromatic heterocycles. The third-order valence-electron chi connectivity index (χ3n) is 4.51. The van der Waals surface area contributed by atoms with Crippen LogP contribution in [0.15, 0.2) is 48.5 Å². The van der Waals surface area contributed by atoms with Crippen molar-refractivity contribution in [3.05, 3.63) is 71.3 Å². The van der Waals surface area contributed by atoms with Gasteiger partial charge >= 0.3 is 0 Å². The molecule has 2 amide bonds. The van der Waals surface area contributed by atoms with Crippen LogP contribution >= 0.6 is 0 Å². The molecule has 2 atom stereocenters. The average molecular weight is 344 g/mol. The van der Waals surface area contributed by atoms with E-state index in [1.54, 1.807) is 31.3 Å². The standard InChI is InChI=1S/C19H18F2N2O2/c1-23-17(24)10-16(18(23)13-4-8-15(21)9-5-13)19(25)22-11-12-2-6-14(20)7-3-12/h2-9,16,18H,10-11H2,1H3,(H,22,25)/t16-,18-/m1/s1. The molecule has 3 rings (SSSR count). The van der Waals surface area contributed by atoms with Gasteiger partial charge in [0.1, 0.15) is 11.6 Å². The third-order valence-corrected chi connectivity index (χ3v) is 4.51. The Bertz CT molecular complexity index is 775. The van der Waals surface area contributed by atoms with Crippen molar-refractivity contribution in [2.24, 2.45) is 5.92 Å². The molecule has 1 N–H and O–H groups in total. The molecule has 0 spiro atoms. The smallest absolute Gasteiger partial charge is 0.226 e. The lowest BCUT2D eigenvalue weighted by Gasteiger charge is -2.25. The fourth-order valence-electron chi connectivity index (χ4n) is 3.14. The fourth-order valence-corrected chi connectivity index (χ4v) is 3.14. The highest BCUT2D eigenvalue weighted by atomic mass is 19.1. The van der Waals surface area contributed by atoms with E-state index in [4.69, 9.17) is 0 Å².